The fraction of sp³-hybridized carbons (Fsp3) is 1.00. The second kappa shape index (κ2) is 26.8. The third kappa shape index (κ3) is 25.8. The first-order chi connectivity index (χ1) is 13.9. The van der Waals surface area contributed by atoms with Crippen LogP contribution in [0.25, 0.3) is 0 Å². The van der Waals surface area contributed by atoms with Gasteiger partial charge in [0.25, 0.3) is 0 Å². The Kier molecular flexibility index (Phi) is 26.7. The molecule has 0 aliphatic carbocycles. The van der Waals surface area contributed by atoms with Crippen molar-refractivity contribution >= 4 is 0 Å². The molecule has 0 aromatic carbocycles. The normalized spacial score (nSPS) is 11.4. The van der Waals surface area contributed by atoms with E-state index in [2.05, 4.69) is 10.6 Å². The van der Waals surface area contributed by atoms with Gasteiger partial charge < -0.3 is 22.1 Å². The molecule has 0 heterocycles. The van der Waals surface area contributed by atoms with Crippen molar-refractivity contribution in [3.63, 3.8) is 0 Å². The molecule has 0 saturated heterocycles. The molecule has 0 aromatic heterocycles. The zero-order valence-corrected chi connectivity index (χ0v) is 19.1. The number of nitrogens with one attached hydrogen (secondary N) is 2. The van der Waals surface area contributed by atoms with E-state index in [0.29, 0.717) is 0 Å². The van der Waals surface area contributed by atoms with Crippen LogP contribution in [0.5, 0.6) is 0 Å². The Morgan fingerprint density at radius 1 is 0.286 bits per heavy atom. The average molecular weight is 399 g/mol. The molecule has 0 aromatic rings. The van der Waals surface area contributed by atoms with Crippen LogP contribution in [0.15, 0.2) is 0 Å². The molecule has 0 radical (unpaired) electrons. The lowest BCUT2D eigenvalue weighted by atomic mass is 10.1. The van der Waals surface area contributed by atoms with Crippen molar-refractivity contribution in [2.75, 3.05) is 39.3 Å². The summed E-state index contributed by atoms with van der Waals surface area (Å²) in [4.78, 5) is 0. The third-order valence-electron chi connectivity index (χ3n) is 5.57. The van der Waals surface area contributed by atoms with Crippen LogP contribution in [0.1, 0.15) is 116 Å². The first-order valence-electron chi connectivity index (χ1n) is 12.7. The molecule has 0 unspecified atom stereocenters. The lowest BCUT2D eigenvalue weighted by Gasteiger charge is -2.06. The number of unbranched alkanes of at least 4 members (excludes halogenated alkanes) is 15. The van der Waals surface area contributed by atoms with Crippen molar-refractivity contribution in [3.8, 4) is 0 Å². The second-order valence-electron chi connectivity index (χ2n) is 8.44. The predicted molar refractivity (Wildman–Crippen MR) is 127 cm³/mol. The molecular formula is C24H54N4. The van der Waals surface area contributed by atoms with Crippen molar-refractivity contribution in [1.82, 2.24) is 10.6 Å². The number of nitrogens with two attached hydrogens (primary N) is 2. The number of hydrogen-bond donors (Lipinski definition) is 4. The van der Waals surface area contributed by atoms with Crippen LogP contribution >= 0.6 is 0 Å². The summed E-state index contributed by atoms with van der Waals surface area (Å²) in [5.74, 6) is 0. The van der Waals surface area contributed by atoms with Gasteiger partial charge in [-0.15, -0.1) is 0 Å². The van der Waals surface area contributed by atoms with Crippen LogP contribution in [0.3, 0.4) is 0 Å². The minimum absolute atomic E-state index is 0.856. The van der Waals surface area contributed by atoms with Gasteiger partial charge in [0.2, 0.25) is 0 Å². The number of hydrogen-bond acceptors (Lipinski definition) is 4. The van der Waals surface area contributed by atoms with Crippen molar-refractivity contribution in [2.45, 2.75) is 116 Å². The lowest BCUT2D eigenvalue weighted by Crippen LogP contribution is -2.17. The summed E-state index contributed by atoms with van der Waals surface area (Å²) in [6, 6.07) is 0. The maximum atomic E-state index is 5.51. The van der Waals surface area contributed by atoms with Gasteiger partial charge >= 0.3 is 0 Å². The third-order valence-corrected chi connectivity index (χ3v) is 5.57. The van der Waals surface area contributed by atoms with E-state index < -0.39 is 0 Å². The van der Waals surface area contributed by atoms with Gasteiger partial charge in [-0.3, -0.25) is 0 Å². The fourth-order valence-electron chi connectivity index (χ4n) is 3.66. The molecule has 0 aliphatic heterocycles. The lowest BCUT2D eigenvalue weighted by molar-refractivity contribution is 0.527. The van der Waals surface area contributed by atoms with Crippen LogP contribution in [-0.2, 0) is 0 Å². The SMILES string of the molecule is NCCCCCCCCNCCCCCCCCNCCCCCCCCN. The molecule has 170 valence electrons. The Labute approximate surface area is 177 Å². The summed E-state index contributed by atoms with van der Waals surface area (Å²) in [6.45, 7) is 6.54. The highest BCUT2D eigenvalue weighted by atomic mass is 14.8. The number of rotatable bonds is 25. The maximum Gasteiger partial charge on any atom is -0.00489 e. The van der Waals surface area contributed by atoms with Crippen molar-refractivity contribution in [2.24, 2.45) is 11.5 Å². The Bertz CT molecular complexity index is 235. The Morgan fingerprint density at radius 3 is 0.750 bits per heavy atom. The topological polar surface area (TPSA) is 76.1 Å². The van der Waals surface area contributed by atoms with Gasteiger partial charge in [-0.25, -0.2) is 0 Å². The van der Waals surface area contributed by atoms with Crippen LogP contribution in [0, 0.1) is 0 Å². The molecule has 0 rings (SSSR count). The largest absolute Gasteiger partial charge is 0.330 e. The fourth-order valence-corrected chi connectivity index (χ4v) is 3.66. The second-order valence-corrected chi connectivity index (χ2v) is 8.44. The molecular weight excluding hydrogens is 344 g/mol. The first-order valence-corrected chi connectivity index (χ1v) is 12.7. The van der Waals surface area contributed by atoms with Crippen molar-refractivity contribution in [3.05, 3.63) is 0 Å². The highest BCUT2D eigenvalue weighted by molar-refractivity contribution is 4.54. The molecule has 4 nitrogen and oxygen atoms in total. The highest BCUT2D eigenvalue weighted by Crippen LogP contribution is 2.06. The molecule has 28 heavy (non-hydrogen) atoms. The summed E-state index contributed by atoms with van der Waals surface area (Å²) in [7, 11) is 0. The molecule has 6 N–H and O–H groups in total. The summed E-state index contributed by atoms with van der Waals surface area (Å²) in [6.07, 6.45) is 24.2. The van der Waals surface area contributed by atoms with E-state index in [0.717, 1.165) is 13.1 Å². The maximum absolute atomic E-state index is 5.51. The standard InChI is InChI=1S/C24H54N4/c25-19-13-7-1-3-9-15-21-27-23-17-11-5-6-12-18-24-28-22-16-10-4-2-8-14-20-26/h27-28H,1-26H2. The van der Waals surface area contributed by atoms with E-state index in [1.54, 1.807) is 0 Å². The van der Waals surface area contributed by atoms with Gasteiger partial charge in [-0.1, -0.05) is 77.0 Å². The zero-order valence-electron chi connectivity index (χ0n) is 19.1. The smallest absolute Gasteiger partial charge is 0.00489 e. The molecule has 0 bridgehead atoms. The molecule has 0 spiro atoms. The Hall–Kier alpha value is -0.160. The Balaban J connectivity index is 2.96. The summed E-state index contributed by atoms with van der Waals surface area (Å²) >= 11 is 0. The first kappa shape index (κ1) is 27.8. The van der Waals surface area contributed by atoms with Gasteiger partial charge in [0.05, 0.1) is 0 Å². The Morgan fingerprint density at radius 2 is 0.500 bits per heavy atom. The van der Waals surface area contributed by atoms with Crippen LogP contribution in [-0.4, -0.2) is 39.3 Å². The molecule has 0 fully saturated rings. The van der Waals surface area contributed by atoms with E-state index in [1.165, 1.54) is 142 Å². The summed E-state index contributed by atoms with van der Waals surface area (Å²) in [5.41, 5.74) is 11.0. The van der Waals surface area contributed by atoms with E-state index in [9.17, 15) is 0 Å². The van der Waals surface area contributed by atoms with Gasteiger partial charge in [-0.05, 0) is 77.8 Å². The summed E-state index contributed by atoms with van der Waals surface area (Å²) in [5, 5.41) is 7.20. The van der Waals surface area contributed by atoms with E-state index in [4.69, 9.17) is 11.5 Å². The monoisotopic (exact) mass is 398 g/mol. The van der Waals surface area contributed by atoms with Gasteiger partial charge in [0.1, 0.15) is 0 Å². The predicted octanol–water partition coefficient (Wildman–Crippen LogP) is 5.10. The minimum atomic E-state index is 0.856. The molecule has 0 atom stereocenters. The molecule has 0 saturated carbocycles. The van der Waals surface area contributed by atoms with Crippen molar-refractivity contribution in [1.29, 1.82) is 0 Å². The van der Waals surface area contributed by atoms with Crippen molar-refractivity contribution < 1.29 is 0 Å². The average Bonchev–Trinajstić information content (AvgIpc) is 2.71. The molecule has 0 aliphatic rings. The van der Waals surface area contributed by atoms with Gasteiger partial charge in [0.15, 0.2) is 0 Å². The van der Waals surface area contributed by atoms with Gasteiger partial charge in [-0.2, -0.15) is 0 Å². The van der Waals surface area contributed by atoms with Crippen LogP contribution in [0.2, 0.25) is 0 Å². The van der Waals surface area contributed by atoms with Crippen LogP contribution < -0.4 is 22.1 Å². The summed E-state index contributed by atoms with van der Waals surface area (Å²) < 4.78 is 0. The molecule has 0 amide bonds. The van der Waals surface area contributed by atoms with E-state index in [1.807, 2.05) is 0 Å². The zero-order chi connectivity index (χ0) is 20.4. The van der Waals surface area contributed by atoms with Crippen LogP contribution in [0.4, 0.5) is 0 Å². The van der Waals surface area contributed by atoms with E-state index in [-0.39, 0.29) is 0 Å². The highest BCUT2D eigenvalue weighted by Gasteiger charge is 1.95. The quantitative estimate of drug-likeness (QED) is 0.161. The van der Waals surface area contributed by atoms with Gasteiger partial charge in [0, 0.05) is 0 Å². The molecule has 4 heteroatoms. The minimum Gasteiger partial charge on any atom is -0.330 e. The van der Waals surface area contributed by atoms with E-state index >= 15 is 0 Å².